The molecular formula is C15H26O4. The highest BCUT2D eigenvalue weighted by Crippen LogP contribution is 2.32. The summed E-state index contributed by atoms with van der Waals surface area (Å²) in [6.07, 6.45) is 9.18. The van der Waals surface area contributed by atoms with Gasteiger partial charge in [-0.15, -0.1) is 0 Å². The smallest absolute Gasteiger partial charge is 0.184 e. The fraction of sp³-hybridized carbons (Fsp3) is 1.00. The summed E-state index contributed by atoms with van der Waals surface area (Å²) >= 11 is 0. The van der Waals surface area contributed by atoms with E-state index >= 15 is 0 Å². The molecule has 1 aliphatic carbocycles. The highest BCUT2D eigenvalue weighted by Gasteiger charge is 2.44. The number of methoxy groups -OCH3 is 1. The van der Waals surface area contributed by atoms with Gasteiger partial charge < -0.3 is 18.9 Å². The fourth-order valence-electron chi connectivity index (χ4n) is 3.50. The molecule has 2 saturated heterocycles. The van der Waals surface area contributed by atoms with Gasteiger partial charge in [0.05, 0.1) is 12.7 Å². The topological polar surface area (TPSA) is 36.9 Å². The maximum Gasteiger partial charge on any atom is 0.184 e. The first kappa shape index (κ1) is 13.8. The number of fused-ring (bicyclic) bond motifs is 2. The summed E-state index contributed by atoms with van der Waals surface area (Å²) in [6, 6.07) is 0. The molecule has 2 aliphatic heterocycles. The van der Waals surface area contributed by atoms with Crippen LogP contribution in [-0.4, -0.2) is 44.9 Å². The summed E-state index contributed by atoms with van der Waals surface area (Å²) in [5, 5.41) is 0. The van der Waals surface area contributed by atoms with Crippen LogP contribution in [0.2, 0.25) is 0 Å². The summed E-state index contributed by atoms with van der Waals surface area (Å²) in [6.45, 7) is 1.53. The average Bonchev–Trinajstić information content (AvgIpc) is 2.69. The van der Waals surface area contributed by atoms with E-state index < -0.39 is 0 Å². The van der Waals surface area contributed by atoms with Crippen molar-refractivity contribution in [1.29, 1.82) is 0 Å². The molecule has 0 unspecified atom stereocenters. The minimum atomic E-state index is -0.173. The third-order valence-electron chi connectivity index (χ3n) is 4.74. The Labute approximate surface area is 115 Å². The van der Waals surface area contributed by atoms with Crippen LogP contribution in [0.25, 0.3) is 0 Å². The van der Waals surface area contributed by atoms with Crippen LogP contribution < -0.4 is 0 Å². The van der Waals surface area contributed by atoms with Gasteiger partial charge in [-0.25, -0.2) is 0 Å². The Morgan fingerprint density at radius 3 is 2.58 bits per heavy atom. The number of rotatable bonds is 4. The Hall–Kier alpha value is -0.160. The average molecular weight is 270 g/mol. The van der Waals surface area contributed by atoms with E-state index in [4.69, 9.17) is 18.9 Å². The van der Waals surface area contributed by atoms with Crippen molar-refractivity contribution < 1.29 is 18.9 Å². The minimum absolute atomic E-state index is 0.0258. The summed E-state index contributed by atoms with van der Waals surface area (Å²) in [7, 11) is 1.72. The Kier molecular flexibility index (Phi) is 4.74. The molecule has 0 amide bonds. The first-order valence-electron chi connectivity index (χ1n) is 7.78. The SMILES string of the molecule is CO[C@@H]1C[C@H](OCC2CCCCCC2)[C@H]2CO[C@@H]1O2. The molecule has 2 bridgehead atoms. The lowest BCUT2D eigenvalue weighted by Gasteiger charge is -2.33. The monoisotopic (exact) mass is 270 g/mol. The molecule has 4 heteroatoms. The van der Waals surface area contributed by atoms with Gasteiger partial charge in [-0.1, -0.05) is 25.7 Å². The van der Waals surface area contributed by atoms with Gasteiger partial charge >= 0.3 is 0 Å². The Balaban J connectivity index is 1.48. The third kappa shape index (κ3) is 3.30. The van der Waals surface area contributed by atoms with Gasteiger partial charge in [-0.05, 0) is 18.8 Å². The molecule has 0 aromatic heterocycles. The molecule has 19 heavy (non-hydrogen) atoms. The van der Waals surface area contributed by atoms with E-state index in [1.165, 1.54) is 38.5 Å². The first-order valence-corrected chi connectivity index (χ1v) is 7.78. The summed E-state index contributed by atoms with van der Waals surface area (Å²) in [5.41, 5.74) is 0. The molecule has 3 fully saturated rings. The highest BCUT2D eigenvalue weighted by molar-refractivity contribution is 4.87. The maximum atomic E-state index is 6.16. The summed E-state index contributed by atoms with van der Waals surface area (Å²) in [4.78, 5) is 0. The van der Waals surface area contributed by atoms with Crippen molar-refractivity contribution >= 4 is 0 Å². The predicted molar refractivity (Wildman–Crippen MR) is 71.0 cm³/mol. The van der Waals surface area contributed by atoms with Crippen LogP contribution in [0.15, 0.2) is 0 Å². The largest absolute Gasteiger partial charge is 0.376 e. The molecule has 4 atom stereocenters. The second kappa shape index (κ2) is 6.53. The van der Waals surface area contributed by atoms with Gasteiger partial charge in [-0.2, -0.15) is 0 Å². The van der Waals surface area contributed by atoms with Gasteiger partial charge in [0, 0.05) is 20.1 Å². The van der Waals surface area contributed by atoms with E-state index in [2.05, 4.69) is 0 Å². The van der Waals surface area contributed by atoms with E-state index in [9.17, 15) is 0 Å². The van der Waals surface area contributed by atoms with Crippen molar-refractivity contribution in [2.75, 3.05) is 20.3 Å². The van der Waals surface area contributed by atoms with Crippen LogP contribution in [-0.2, 0) is 18.9 Å². The van der Waals surface area contributed by atoms with Gasteiger partial charge in [0.1, 0.15) is 12.2 Å². The Morgan fingerprint density at radius 2 is 1.84 bits per heavy atom. The molecule has 3 rings (SSSR count). The van der Waals surface area contributed by atoms with Crippen LogP contribution in [0, 0.1) is 5.92 Å². The van der Waals surface area contributed by atoms with Gasteiger partial charge in [0.2, 0.25) is 0 Å². The van der Waals surface area contributed by atoms with Crippen LogP contribution in [0.1, 0.15) is 44.9 Å². The molecule has 0 N–H and O–H groups in total. The molecule has 0 radical (unpaired) electrons. The molecule has 4 nitrogen and oxygen atoms in total. The Bertz CT molecular complexity index is 275. The van der Waals surface area contributed by atoms with Gasteiger partial charge in [0.15, 0.2) is 6.29 Å². The zero-order valence-corrected chi connectivity index (χ0v) is 11.9. The minimum Gasteiger partial charge on any atom is -0.376 e. The highest BCUT2D eigenvalue weighted by atomic mass is 16.7. The molecule has 110 valence electrons. The quantitative estimate of drug-likeness (QED) is 0.736. The number of hydrogen-bond acceptors (Lipinski definition) is 4. The lowest BCUT2D eigenvalue weighted by atomic mass is 10.0. The molecule has 1 saturated carbocycles. The molecule has 0 spiro atoms. The zero-order valence-electron chi connectivity index (χ0n) is 11.9. The first-order chi connectivity index (χ1) is 9.36. The van der Waals surface area contributed by atoms with Gasteiger partial charge in [-0.3, -0.25) is 0 Å². The second-order valence-corrected chi connectivity index (χ2v) is 6.12. The van der Waals surface area contributed by atoms with Crippen molar-refractivity contribution in [3.05, 3.63) is 0 Å². The van der Waals surface area contributed by atoms with E-state index in [0.29, 0.717) is 6.61 Å². The second-order valence-electron chi connectivity index (χ2n) is 6.12. The fourth-order valence-corrected chi connectivity index (χ4v) is 3.50. The molecular weight excluding hydrogens is 244 g/mol. The van der Waals surface area contributed by atoms with Crippen molar-refractivity contribution in [1.82, 2.24) is 0 Å². The lowest BCUT2D eigenvalue weighted by Crippen LogP contribution is -2.44. The van der Waals surface area contributed by atoms with Gasteiger partial charge in [0.25, 0.3) is 0 Å². The normalized spacial score (nSPS) is 40.3. The number of hydrogen-bond donors (Lipinski definition) is 0. The number of ether oxygens (including phenoxy) is 4. The van der Waals surface area contributed by atoms with Crippen molar-refractivity contribution in [2.45, 2.75) is 69.5 Å². The van der Waals surface area contributed by atoms with E-state index in [1.807, 2.05) is 0 Å². The van der Waals surface area contributed by atoms with Crippen molar-refractivity contribution in [3.63, 3.8) is 0 Å². The molecule has 0 aromatic carbocycles. The zero-order chi connectivity index (χ0) is 13.1. The summed E-state index contributed by atoms with van der Waals surface area (Å²) in [5.74, 6) is 0.739. The van der Waals surface area contributed by atoms with Crippen molar-refractivity contribution in [3.8, 4) is 0 Å². The molecule has 2 heterocycles. The standard InChI is InChI=1S/C15H26O4/c1-16-13-8-12(14-10-18-15(13)19-14)17-9-11-6-4-2-3-5-7-11/h11-15H,2-10H2,1H3/t12-,13+,14+,15+/m0/s1. The van der Waals surface area contributed by atoms with Crippen LogP contribution in [0.5, 0.6) is 0 Å². The van der Waals surface area contributed by atoms with Crippen molar-refractivity contribution in [2.24, 2.45) is 5.92 Å². The molecule has 0 aromatic rings. The Morgan fingerprint density at radius 1 is 1.05 bits per heavy atom. The van der Waals surface area contributed by atoms with E-state index in [1.54, 1.807) is 7.11 Å². The van der Waals surface area contributed by atoms with E-state index in [0.717, 1.165) is 18.9 Å². The predicted octanol–water partition coefficient (Wildman–Crippen LogP) is 2.50. The van der Waals surface area contributed by atoms with E-state index in [-0.39, 0.29) is 24.6 Å². The third-order valence-corrected chi connectivity index (χ3v) is 4.74. The van der Waals surface area contributed by atoms with Crippen LogP contribution >= 0.6 is 0 Å². The maximum absolute atomic E-state index is 6.16. The lowest BCUT2D eigenvalue weighted by molar-refractivity contribution is -0.200. The van der Waals surface area contributed by atoms with Crippen LogP contribution in [0.3, 0.4) is 0 Å². The summed E-state index contributed by atoms with van der Waals surface area (Å²) < 4.78 is 23.0. The molecule has 3 aliphatic rings. The van der Waals surface area contributed by atoms with Crippen LogP contribution in [0.4, 0.5) is 0 Å².